The molecule has 0 bridgehead atoms. The second kappa shape index (κ2) is 7.63. The smallest absolute Gasteiger partial charge is 0.293 e. The minimum absolute atomic E-state index is 0.323. The molecule has 0 saturated carbocycles. The minimum Gasteiger partial charge on any atom is -0.293 e. The summed E-state index contributed by atoms with van der Waals surface area (Å²) >= 11 is 0. The van der Waals surface area contributed by atoms with E-state index in [1.165, 1.54) is 4.90 Å². The van der Waals surface area contributed by atoms with Gasteiger partial charge in [-0.3, -0.25) is 9.59 Å². The topological polar surface area (TPSA) is 82.7 Å². The van der Waals surface area contributed by atoms with Crippen LogP contribution in [-0.2, 0) is 9.59 Å². The maximum Gasteiger partial charge on any atom is 0.378 e. The monoisotopic (exact) mass is 401 g/mol. The highest BCUT2D eigenvalue weighted by molar-refractivity contribution is 6.48. The second-order valence-electron chi connectivity index (χ2n) is 7.68. The van der Waals surface area contributed by atoms with E-state index in [-0.39, 0.29) is 5.78 Å². The molecule has 6 heteroatoms. The van der Waals surface area contributed by atoms with Gasteiger partial charge in [0, 0.05) is 17.7 Å². The van der Waals surface area contributed by atoms with E-state index in [4.69, 9.17) is 0 Å². The molecule has 3 heterocycles. The van der Waals surface area contributed by atoms with Crippen molar-refractivity contribution in [3.05, 3.63) is 88.9 Å². The molecule has 4 rings (SSSR count). The maximum absolute atomic E-state index is 13.7. The minimum atomic E-state index is -1.12. The van der Waals surface area contributed by atoms with Gasteiger partial charge in [-0.05, 0) is 44.0 Å². The molecule has 2 aromatic heterocycles. The Morgan fingerprint density at radius 3 is 2.30 bits per heavy atom. The van der Waals surface area contributed by atoms with Gasteiger partial charge in [-0.1, -0.05) is 23.8 Å². The molecular weight excluding hydrogens is 378 g/mol. The van der Waals surface area contributed by atoms with Gasteiger partial charge in [0.05, 0.1) is 11.8 Å². The zero-order valence-electron chi connectivity index (χ0n) is 17.1. The van der Waals surface area contributed by atoms with Gasteiger partial charge in [0.25, 0.3) is 11.6 Å². The van der Waals surface area contributed by atoms with E-state index in [0.717, 1.165) is 16.7 Å². The predicted molar refractivity (Wildman–Crippen MR) is 110 cm³/mol. The number of aromatic amines is 2. The molecule has 2 N–H and O–H groups in total. The van der Waals surface area contributed by atoms with Crippen molar-refractivity contribution in [2.75, 3.05) is 4.90 Å². The molecule has 3 aromatic rings. The van der Waals surface area contributed by atoms with Gasteiger partial charge in [0.1, 0.15) is 5.92 Å². The first-order valence-corrected chi connectivity index (χ1v) is 9.82. The number of pyridine rings is 2. The van der Waals surface area contributed by atoms with Crippen molar-refractivity contribution < 1.29 is 24.4 Å². The van der Waals surface area contributed by atoms with Gasteiger partial charge in [0.2, 0.25) is 0 Å². The number of aromatic nitrogens is 2. The van der Waals surface area contributed by atoms with Crippen LogP contribution < -0.4 is 14.9 Å². The summed E-state index contributed by atoms with van der Waals surface area (Å²) in [5.41, 5.74) is 3.86. The number of carbonyl (C=O) groups excluding carboxylic acids is 3. The Morgan fingerprint density at radius 2 is 1.70 bits per heavy atom. The van der Waals surface area contributed by atoms with E-state index in [1.54, 1.807) is 42.9 Å². The number of nitrogens with one attached hydrogen (secondary N) is 2. The van der Waals surface area contributed by atoms with Crippen molar-refractivity contribution in [2.45, 2.75) is 26.8 Å². The lowest BCUT2D eigenvalue weighted by Gasteiger charge is -2.20. The molecule has 1 fully saturated rings. The number of benzene rings is 1. The Labute approximate surface area is 174 Å². The number of rotatable bonds is 4. The number of nitrogens with zero attached hydrogens (tertiary/aromatic N) is 1. The third-order valence-corrected chi connectivity index (χ3v) is 5.54. The molecule has 1 amide bonds. The number of amides is 1. The van der Waals surface area contributed by atoms with Crippen LogP contribution in [0, 0.1) is 26.7 Å². The quantitative estimate of drug-likeness (QED) is 0.382. The summed E-state index contributed by atoms with van der Waals surface area (Å²) in [6, 6.07) is 12.0. The molecule has 1 aliphatic heterocycles. The van der Waals surface area contributed by atoms with Crippen LogP contribution in [0.2, 0.25) is 0 Å². The average Bonchev–Trinajstić information content (AvgIpc) is 2.99. The first-order valence-electron chi connectivity index (χ1n) is 9.82. The highest BCUT2D eigenvalue weighted by Crippen LogP contribution is 2.40. The van der Waals surface area contributed by atoms with E-state index in [2.05, 4.69) is 9.97 Å². The van der Waals surface area contributed by atoms with Crippen LogP contribution in [0.25, 0.3) is 0 Å². The second-order valence-corrected chi connectivity index (χ2v) is 7.68. The third kappa shape index (κ3) is 3.20. The van der Waals surface area contributed by atoms with Crippen LogP contribution >= 0.6 is 0 Å². The van der Waals surface area contributed by atoms with Gasteiger partial charge in [0.15, 0.2) is 24.2 Å². The lowest BCUT2D eigenvalue weighted by molar-refractivity contribution is -0.379. The SMILES string of the molecule is Cc1cc(C)c(C(=O)C2C(=O)C(=O)N(c3cccc[nH+]3)C2c2ccc[nH+]c2)c(C)c1. The Morgan fingerprint density at radius 1 is 0.967 bits per heavy atom. The van der Waals surface area contributed by atoms with Crippen molar-refractivity contribution in [1.29, 1.82) is 0 Å². The van der Waals surface area contributed by atoms with Gasteiger partial charge >= 0.3 is 5.91 Å². The van der Waals surface area contributed by atoms with E-state index in [0.29, 0.717) is 16.9 Å². The number of hydrogen-bond donors (Lipinski definition) is 0. The molecule has 6 nitrogen and oxygen atoms in total. The number of anilines is 1. The summed E-state index contributed by atoms with van der Waals surface area (Å²) in [6.07, 6.45) is 5.15. The summed E-state index contributed by atoms with van der Waals surface area (Å²) in [6.45, 7) is 5.69. The zero-order valence-corrected chi connectivity index (χ0v) is 17.1. The predicted octanol–water partition coefficient (Wildman–Crippen LogP) is 2.40. The molecular formula is C24H23N3O3+2. The summed E-state index contributed by atoms with van der Waals surface area (Å²) in [7, 11) is 0. The van der Waals surface area contributed by atoms with Gasteiger partial charge in [-0.2, -0.15) is 4.90 Å². The molecule has 150 valence electrons. The van der Waals surface area contributed by atoms with E-state index in [9.17, 15) is 14.4 Å². The van der Waals surface area contributed by atoms with E-state index in [1.807, 2.05) is 39.0 Å². The molecule has 1 saturated heterocycles. The number of Topliss-reactive ketones (excluding diaryl/α,β-unsaturated/α-hetero) is 2. The molecule has 1 aromatic carbocycles. The summed E-state index contributed by atoms with van der Waals surface area (Å²) < 4.78 is 0. The molecule has 0 spiro atoms. The Bertz CT molecular complexity index is 1120. The van der Waals surface area contributed by atoms with Crippen LogP contribution in [-0.4, -0.2) is 17.5 Å². The summed E-state index contributed by atoms with van der Waals surface area (Å²) in [5, 5.41) is 0. The molecule has 0 radical (unpaired) electrons. The number of hydrogen-bond acceptors (Lipinski definition) is 3. The fourth-order valence-corrected chi connectivity index (χ4v) is 4.38. The highest BCUT2D eigenvalue weighted by atomic mass is 16.2. The summed E-state index contributed by atoms with van der Waals surface area (Å²) in [4.78, 5) is 47.3. The number of aryl methyl sites for hydroxylation is 3. The fraction of sp³-hybridized carbons (Fsp3) is 0.208. The van der Waals surface area contributed by atoms with E-state index >= 15 is 0 Å². The van der Waals surface area contributed by atoms with Crippen LogP contribution in [0.4, 0.5) is 5.82 Å². The van der Waals surface area contributed by atoms with Gasteiger partial charge < -0.3 is 0 Å². The highest BCUT2D eigenvalue weighted by Gasteiger charge is 2.58. The Balaban J connectivity index is 1.89. The van der Waals surface area contributed by atoms with Crippen LogP contribution in [0.1, 0.15) is 38.7 Å². The van der Waals surface area contributed by atoms with E-state index < -0.39 is 23.7 Å². The fourth-order valence-electron chi connectivity index (χ4n) is 4.38. The summed E-state index contributed by atoms with van der Waals surface area (Å²) in [5.74, 6) is -2.35. The number of carbonyl (C=O) groups is 3. The van der Waals surface area contributed by atoms with Crippen molar-refractivity contribution >= 4 is 23.3 Å². The molecule has 2 unspecified atom stereocenters. The van der Waals surface area contributed by atoms with Crippen molar-refractivity contribution in [2.24, 2.45) is 5.92 Å². The first kappa shape index (κ1) is 19.6. The van der Waals surface area contributed by atoms with Crippen molar-refractivity contribution in [3.8, 4) is 0 Å². The molecule has 2 atom stereocenters. The van der Waals surface area contributed by atoms with Gasteiger partial charge in [-0.15, -0.1) is 0 Å². The normalized spacial score (nSPS) is 18.7. The largest absolute Gasteiger partial charge is 0.378 e. The molecule has 0 aliphatic carbocycles. The Hall–Kier alpha value is -3.67. The zero-order chi connectivity index (χ0) is 21.4. The lowest BCUT2D eigenvalue weighted by atomic mass is 9.83. The molecule has 1 aliphatic rings. The van der Waals surface area contributed by atoms with Crippen molar-refractivity contribution in [3.63, 3.8) is 0 Å². The number of ketones is 2. The van der Waals surface area contributed by atoms with Crippen molar-refractivity contribution in [1.82, 2.24) is 0 Å². The number of H-pyrrole nitrogens is 2. The van der Waals surface area contributed by atoms with Crippen LogP contribution in [0.3, 0.4) is 0 Å². The van der Waals surface area contributed by atoms with Crippen LogP contribution in [0.5, 0.6) is 0 Å². The third-order valence-electron chi connectivity index (χ3n) is 5.54. The van der Waals surface area contributed by atoms with Crippen LogP contribution in [0.15, 0.2) is 61.1 Å². The standard InChI is InChI=1S/C24H21N3O3/c1-14-11-15(2)19(16(3)12-14)22(28)20-21(17-7-6-9-25-13-17)27(24(30)23(20)29)18-8-4-5-10-26-18/h4-13,20-21H,1-3H3/p+2. The maximum atomic E-state index is 13.7. The first-order chi connectivity index (χ1) is 14.4. The lowest BCUT2D eigenvalue weighted by Crippen LogP contribution is -2.35. The Kier molecular flexibility index (Phi) is 4.99. The molecule has 30 heavy (non-hydrogen) atoms. The van der Waals surface area contributed by atoms with Gasteiger partial charge in [-0.25, -0.2) is 14.8 Å². The average molecular weight is 401 g/mol.